The van der Waals surface area contributed by atoms with Crippen LogP contribution < -0.4 is 10.6 Å². The Morgan fingerprint density at radius 1 is 1.15 bits per heavy atom. The number of nitrogens with zero attached hydrogens (tertiary/aromatic N) is 1. The number of thiophene rings is 1. The van der Waals surface area contributed by atoms with E-state index in [2.05, 4.69) is 34.5 Å². The fraction of sp³-hybridized carbons (Fsp3) is 0.318. The Hall–Kier alpha value is -2.53. The van der Waals surface area contributed by atoms with Crippen LogP contribution in [0.3, 0.4) is 0 Å². The van der Waals surface area contributed by atoms with Crippen LogP contribution in [0.15, 0.2) is 48.8 Å². The van der Waals surface area contributed by atoms with Gasteiger partial charge in [-0.3, -0.25) is 0 Å². The van der Waals surface area contributed by atoms with Gasteiger partial charge in [0.05, 0.1) is 6.04 Å². The molecule has 0 unspecified atom stereocenters. The second-order valence-electron chi connectivity index (χ2n) is 7.21. The summed E-state index contributed by atoms with van der Waals surface area (Å²) in [4.78, 5) is 14.0. The van der Waals surface area contributed by atoms with Crippen LogP contribution in [-0.2, 0) is 12.8 Å². The summed E-state index contributed by atoms with van der Waals surface area (Å²) in [5.41, 5.74) is 4.66. The molecule has 2 N–H and O–H groups in total. The highest BCUT2D eigenvalue weighted by atomic mass is 32.1. The lowest BCUT2D eigenvalue weighted by Gasteiger charge is -2.20. The minimum absolute atomic E-state index is 0.0506. The molecule has 4 nitrogen and oxygen atoms in total. The van der Waals surface area contributed by atoms with Gasteiger partial charge in [0.25, 0.3) is 0 Å². The zero-order valence-electron chi connectivity index (χ0n) is 15.8. The van der Waals surface area contributed by atoms with Gasteiger partial charge in [0.15, 0.2) is 0 Å². The smallest absolute Gasteiger partial charge is 0.319 e. The van der Waals surface area contributed by atoms with Gasteiger partial charge in [-0.25, -0.2) is 4.79 Å². The number of carbonyl (C=O) groups excluding carboxylic acids is 1. The number of carbonyl (C=O) groups is 1. The molecule has 2 aromatic heterocycles. The van der Waals surface area contributed by atoms with Crippen molar-refractivity contribution in [2.75, 3.05) is 5.32 Å². The maximum Gasteiger partial charge on any atom is 0.319 e. The lowest BCUT2D eigenvalue weighted by Crippen LogP contribution is -2.32. The van der Waals surface area contributed by atoms with Crippen molar-refractivity contribution in [1.82, 2.24) is 9.88 Å². The average molecular weight is 380 g/mol. The molecule has 27 heavy (non-hydrogen) atoms. The summed E-state index contributed by atoms with van der Waals surface area (Å²) in [6.07, 6.45) is 8.91. The number of hydrogen-bond acceptors (Lipinski definition) is 2. The van der Waals surface area contributed by atoms with E-state index in [0.29, 0.717) is 0 Å². The number of benzene rings is 1. The van der Waals surface area contributed by atoms with Gasteiger partial charge >= 0.3 is 6.03 Å². The van der Waals surface area contributed by atoms with Crippen molar-refractivity contribution in [3.8, 4) is 5.00 Å². The number of fused-ring (bicyclic) bond motifs is 1. The summed E-state index contributed by atoms with van der Waals surface area (Å²) < 4.78 is 2.18. The van der Waals surface area contributed by atoms with Gasteiger partial charge in [0.2, 0.25) is 0 Å². The molecule has 1 aromatic carbocycles. The number of nitrogens with one attached hydrogen (secondary N) is 2. The highest BCUT2D eigenvalue weighted by molar-refractivity contribution is 7.15. The number of urea groups is 1. The second-order valence-corrected chi connectivity index (χ2v) is 8.29. The predicted octanol–water partition coefficient (Wildman–Crippen LogP) is 5.61. The molecule has 0 fully saturated rings. The highest BCUT2D eigenvalue weighted by Gasteiger charge is 2.25. The van der Waals surface area contributed by atoms with Crippen LogP contribution >= 0.6 is 11.3 Å². The molecular formula is C22H25N3OS. The largest absolute Gasteiger partial charge is 0.331 e. The van der Waals surface area contributed by atoms with Gasteiger partial charge in [0, 0.05) is 28.5 Å². The minimum Gasteiger partial charge on any atom is -0.331 e. The Morgan fingerprint density at radius 3 is 2.70 bits per heavy atom. The van der Waals surface area contributed by atoms with Crippen molar-refractivity contribution in [3.05, 3.63) is 70.4 Å². The summed E-state index contributed by atoms with van der Waals surface area (Å²) in [6.45, 7) is 4.10. The standard InChI is InChI=1S/C22H25N3OS/c1-15-8-7-9-17(14-15)24-22(26)23-16(2)20-18-10-3-4-11-19(18)27-21(20)25-12-5-6-13-25/h5-9,12-14,16H,3-4,10-11H2,1-2H3,(H2,23,24,26)/t16-/m0/s1. The van der Waals surface area contributed by atoms with E-state index in [0.717, 1.165) is 24.1 Å². The van der Waals surface area contributed by atoms with Gasteiger partial charge in [-0.15, -0.1) is 11.3 Å². The van der Waals surface area contributed by atoms with Gasteiger partial charge in [-0.05, 0) is 74.9 Å². The number of hydrogen-bond donors (Lipinski definition) is 2. The van der Waals surface area contributed by atoms with Crippen molar-refractivity contribution in [2.24, 2.45) is 0 Å². The Labute approximate surface area is 164 Å². The quantitative estimate of drug-likeness (QED) is 0.608. The first-order chi connectivity index (χ1) is 13.1. The molecule has 3 aromatic rings. The maximum atomic E-state index is 12.6. The van der Waals surface area contributed by atoms with E-state index in [1.807, 2.05) is 54.7 Å². The molecule has 1 atom stereocenters. The Bertz CT molecular complexity index is 943. The average Bonchev–Trinajstić information content (AvgIpc) is 3.29. The van der Waals surface area contributed by atoms with Crippen LogP contribution in [0.25, 0.3) is 5.00 Å². The molecule has 0 saturated carbocycles. The first-order valence-electron chi connectivity index (χ1n) is 9.54. The lowest BCUT2D eigenvalue weighted by atomic mass is 9.93. The fourth-order valence-corrected chi connectivity index (χ4v) is 5.30. The predicted molar refractivity (Wildman–Crippen MR) is 112 cm³/mol. The molecule has 1 aliphatic rings. The Balaban J connectivity index is 1.58. The molecule has 0 spiro atoms. The molecule has 0 bridgehead atoms. The number of amides is 2. The van der Waals surface area contributed by atoms with Crippen LogP contribution in [0.2, 0.25) is 0 Å². The van der Waals surface area contributed by atoms with Crippen molar-refractivity contribution in [3.63, 3.8) is 0 Å². The highest BCUT2D eigenvalue weighted by Crippen LogP contribution is 2.40. The van der Waals surface area contributed by atoms with E-state index >= 15 is 0 Å². The van der Waals surface area contributed by atoms with Crippen LogP contribution in [0.5, 0.6) is 0 Å². The van der Waals surface area contributed by atoms with Crippen LogP contribution in [-0.4, -0.2) is 10.6 Å². The molecule has 2 amide bonds. The Morgan fingerprint density at radius 2 is 1.93 bits per heavy atom. The minimum atomic E-state index is -0.165. The van der Waals surface area contributed by atoms with E-state index in [-0.39, 0.29) is 12.1 Å². The van der Waals surface area contributed by atoms with Gasteiger partial charge in [-0.2, -0.15) is 0 Å². The van der Waals surface area contributed by atoms with E-state index in [4.69, 9.17) is 0 Å². The molecule has 140 valence electrons. The number of rotatable bonds is 4. The van der Waals surface area contributed by atoms with E-state index in [1.165, 1.54) is 33.8 Å². The van der Waals surface area contributed by atoms with Crippen molar-refractivity contribution in [1.29, 1.82) is 0 Å². The summed E-state index contributed by atoms with van der Waals surface area (Å²) in [5, 5.41) is 7.33. The number of aromatic nitrogens is 1. The van der Waals surface area contributed by atoms with Gasteiger partial charge in [0.1, 0.15) is 5.00 Å². The van der Waals surface area contributed by atoms with Crippen LogP contribution in [0, 0.1) is 6.92 Å². The monoisotopic (exact) mass is 379 g/mol. The zero-order valence-corrected chi connectivity index (χ0v) is 16.6. The third-order valence-electron chi connectivity index (χ3n) is 5.09. The third-order valence-corrected chi connectivity index (χ3v) is 6.41. The molecular weight excluding hydrogens is 354 g/mol. The first kappa shape index (κ1) is 17.9. The molecule has 0 radical (unpaired) electrons. The molecule has 0 aliphatic heterocycles. The molecule has 5 heteroatoms. The van der Waals surface area contributed by atoms with E-state index in [9.17, 15) is 4.79 Å². The van der Waals surface area contributed by atoms with Gasteiger partial charge < -0.3 is 15.2 Å². The Kier molecular flexibility index (Phi) is 5.03. The van der Waals surface area contributed by atoms with Crippen molar-refractivity contribution < 1.29 is 4.79 Å². The second kappa shape index (κ2) is 7.61. The van der Waals surface area contributed by atoms with Crippen molar-refractivity contribution in [2.45, 2.75) is 45.6 Å². The van der Waals surface area contributed by atoms with Crippen LogP contribution in [0.4, 0.5) is 10.5 Å². The summed E-state index contributed by atoms with van der Waals surface area (Å²) in [7, 11) is 0. The molecule has 2 heterocycles. The first-order valence-corrected chi connectivity index (χ1v) is 10.4. The zero-order chi connectivity index (χ0) is 18.8. The topological polar surface area (TPSA) is 46.1 Å². The summed E-state index contributed by atoms with van der Waals surface area (Å²) in [5.74, 6) is 0. The fourth-order valence-electron chi connectivity index (χ4n) is 3.84. The van der Waals surface area contributed by atoms with E-state index in [1.54, 1.807) is 0 Å². The lowest BCUT2D eigenvalue weighted by molar-refractivity contribution is 0.249. The normalized spacial score (nSPS) is 14.4. The maximum absolute atomic E-state index is 12.6. The van der Waals surface area contributed by atoms with Crippen LogP contribution in [0.1, 0.15) is 47.4 Å². The SMILES string of the molecule is Cc1cccc(NC(=O)N[C@@H](C)c2c(-n3cccc3)sc3c2CCCC3)c1. The van der Waals surface area contributed by atoms with Crippen molar-refractivity contribution >= 4 is 23.1 Å². The summed E-state index contributed by atoms with van der Waals surface area (Å²) in [6, 6.07) is 11.7. The third kappa shape index (κ3) is 3.78. The van der Waals surface area contributed by atoms with Gasteiger partial charge in [-0.1, -0.05) is 12.1 Å². The molecule has 1 aliphatic carbocycles. The number of aryl methyl sites for hydroxylation is 2. The molecule has 0 saturated heterocycles. The summed E-state index contributed by atoms with van der Waals surface area (Å²) >= 11 is 1.87. The molecule has 4 rings (SSSR count). The number of anilines is 1. The van der Waals surface area contributed by atoms with E-state index < -0.39 is 0 Å².